The summed E-state index contributed by atoms with van der Waals surface area (Å²) in [4.78, 5) is 26.0. The number of benzene rings is 2. The van der Waals surface area contributed by atoms with Crippen LogP contribution in [0.15, 0.2) is 30.3 Å². The number of ether oxygens (including phenoxy) is 4. The number of nitro benzene ring substituents is 1. The first kappa shape index (κ1) is 24.3. The number of likely N-dealkylation sites (tertiary alicyclic amines) is 1. The number of amides is 1. The second kappa shape index (κ2) is 11.0. The molecule has 3 rings (SSSR count). The molecule has 1 aliphatic heterocycles. The van der Waals surface area contributed by atoms with Crippen LogP contribution in [0.25, 0.3) is 0 Å². The van der Waals surface area contributed by atoms with Gasteiger partial charge in [0.2, 0.25) is 0 Å². The van der Waals surface area contributed by atoms with Crippen LogP contribution in [-0.2, 0) is 4.74 Å². The smallest absolute Gasteiger partial charge is 0.286 e. The minimum atomic E-state index is -0.577. The molecule has 1 saturated heterocycles. The molecule has 9 nitrogen and oxygen atoms in total. The lowest BCUT2D eigenvalue weighted by Crippen LogP contribution is -2.42. The molecule has 0 radical (unpaired) electrons. The van der Waals surface area contributed by atoms with Gasteiger partial charge in [0, 0.05) is 39.1 Å². The summed E-state index contributed by atoms with van der Waals surface area (Å²) >= 11 is 0. The van der Waals surface area contributed by atoms with Crippen molar-refractivity contribution < 1.29 is 28.7 Å². The van der Waals surface area contributed by atoms with Gasteiger partial charge in [0.05, 0.1) is 24.7 Å². The van der Waals surface area contributed by atoms with Crippen LogP contribution in [0.1, 0.15) is 34.3 Å². The number of hydrogen-bond donors (Lipinski definition) is 0. The Balaban J connectivity index is 1.73. The van der Waals surface area contributed by atoms with E-state index in [4.69, 9.17) is 18.9 Å². The van der Waals surface area contributed by atoms with E-state index in [0.29, 0.717) is 32.5 Å². The maximum atomic E-state index is 13.2. The van der Waals surface area contributed by atoms with E-state index in [1.165, 1.54) is 26.4 Å². The van der Waals surface area contributed by atoms with Crippen LogP contribution in [-0.4, -0.2) is 62.4 Å². The fourth-order valence-corrected chi connectivity index (χ4v) is 3.88. The molecule has 0 aliphatic carbocycles. The first-order valence-corrected chi connectivity index (χ1v) is 10.9. The quantitative estimate of drug-likeness (QED) is 0.319. The van der Waals surface area contributed by atoms with Gasteiger partial charge in [0.1, 0.15) is 24.0 Å². The van der Waals surface area contributed by atoms with Crippen LogP contribution in [0.4, 0.5) is 5.69 Å². The summed E-state index contributed by atoms with van der Waals surface area (Å²) in [5, 5.41) is 11.7. The van der Waals surface area contributed by atoms with Crippen molar-refractivity contribution in [2.24, 2.45) is 0 Å². The molecule has 2 aromatic rings. The minimum Gasteiger partial charge on any atom is -0.493 e. The van der Waals surface area contributed by atoms with Crippen LogP contribution in [0.5, 0.6) is 17.2 Å². The van der Waals surface area contributed by atoms with Crippen molar-refractivity contribution in [1.29, 1.82) is 0 Å². The molecule has 0 aromatic heterocycles. The van der Waals surface area contributed by atoms with E-state index in [2.05, 4.69) is 0 Å². The van der Waals surface area contributed by atoms with Crippen molar-refractivity contribution in [3.63, 3.8) is 0 Å². The fraction of sp³-hybridized carbons (Fsp3) is 0.458. The Morgan fingerprint density at radius 3 is 2.33 bits per heavy atom. The lowest BCUT2D eigenvalue weighted by molar-refractivity contribution is -0.385. The Morgan fingerprint density at radius 1 is 1.09 bits per heavy atom. The number of carbonyl (C=O) groups excluding carboxylic acids is 1. The van der Waals surface area contributed by atoms with E-state index in [1.54, 1.807) is 4.90 Å². The molecular weight excluding hydrogens is 428 g/mol. The number of nitro groups is 1. The van der Waals surface area contributed by atoms with E-state index in [-0.39, 0.29) is 35.5 Å². The molecule has 0 saturated carbocycles. The van der Waals surface area contributed by atoms with E-state index < -0.39 is 10.8 Å². The highest BCUT2D eigenvalue weighted by Crippen LogP contribution is 2.36. The van der Waals surface area contributed by atoms with Gasteiger partial charge >= 0.3 is 0 Å². The fourth-order valence-electron chi connectivity index (χ4n) is 3.88. The molecular formula is C24H30N2O7. The molecule has 178 valence electrons. The Bertz CT molecular complexity index is 980. The average molecular weight is 459 g/mol. The van der Waals surface area contributed by atoms with Crippen molar-refractivity contribution >= 4 is 11.6 Å². The van der Waals surface area contributed by atoms with Crippen molar-refractivity contribution in [3.05, 3.63) is 57.1 Å². The molecule has 2 aromatic carbocycles. The van der Waals surface area contributed by atoms with Crippen LogP contribution in [0.3, 0.4) is 0 Å². The molecule has 0 N–H and O–H groups in total. The number of methoxy groups -OCH3 is 2. The number of piperidine rings is 1. The summed E-state index contributed by atoms with van der Waals surface area (Å²) in [5.74, 6) is 0.924. The SMILES string of the molecule is COCCOc1cc([N+](=O)[O-])c(C(=O)N2CCC(Oc3c(C)cccc3C)CC2)cc1OC. The largest absolute Gasteiger partial charge is 0.493 e. The monoisotopic (exact) mass is 458 g/mol. The summed E-state index contributed by atoms with van der Waals surface area (Å²) < 4.78 is 22.0. The normalized spacial score (nSPS) is 14.1. The number of hydrogen-bond acceptors (Lipinski definition) is 7. The zero-order valence-electron chi connectivity index (χ0n) is 19.5. The Labute approximate surface area is 193 Å². The highest BCUT2D eigenvalue weighted by atomic mass is 16.6. The van der Waals surface area contributed by atoms with Gasteiger partial charge < -0.3 is 23.8 Å². The first-order chi connectivity index (χ1) is 15.8. The first-order valence-electron chi connectivity index (χ1n) is 10.9. The zero-order valence-corrected chi connectivity index (χ0v) is 19.5. The van der Waals surface area contributed by atoms with E-state index in [0.717, 1.165) is 16.9 Å². The second-order valence-electron chi connectivity index (χ2n) is 7.95. The van der Waals surface area contributed by atoms with Gasteiger partial charge in [0.15, 0.2) is 11.5 Å². The summed E-state index contributed by atoms with van der Waals surface area (Å²) in [6.45, 7) is 5.42. The number of rotatable bonds is 9. The zero-order chi connectivity index (χ0) is 24.0. The average Bonchev–Trinajstić information content (AvgIpc) is 2.81. The van der Waals surface area contributed by atoms with Gasteiger partial charge in [-0.2, -0.15) is 0 Å². The van der Waals surface area contributed by atoms with Gasteiger partial charge in [-0.15, -0.1) is 0 Å². The molecule has 0 spiro atoms. The molecule has 0 bridgehead atoms. The summed E-state index contributed by atoms with van der Waals surface area (Å²) in [6.07, 6.45) is 1.26. The molecule has 1 fully saturated rings. The van der Waals surface area contributed by atoms with Crippen molar-refractivity contribution in [2.75, 3.05) is 40.5 Å². The highest BCUT2D eigenvalue weighted by molar-refractivity contribution is 5.99. The third kappa shape index (κ3) is 5.73. The number of nitrogens with zero attached hydrogens (tertiary/aromatic N) is 2. The lowest BCUT2D eigenvalue weighted by atomic mass is 10.0. The summed E-state index contributed by atoms with van der Waals surface area (Å²) in [5.41, 5.74) is 1.81. The third-order valence-corrected chi connectivity index (χ3v) is 5.68. The predicted molar refractivity (Wildman–Crippen MR) is 122 cm³/mol. The number of aryl methyl sites for hydroxylation is 2. The van der Waals surface area contributed by atoms with Crippen LogP contribution in [0, 0.1) is 24.0 Å². The maximum Gasteiger partial charge on any atom is 0.286 e. The Kier molecular flexibility index (Phi) is 8.11. The predicted octanol–water partition coefficient (Wildman–Crippen LogP) is 3.93. The molecule has 33 heavy (non-hydrogen) atoms. The number of carbonyl (C=O) groups is 1. The number of para-hydroxylation sites is 1. The lowest BCUT2D eigenvalue weighted by Gasteiger charge is -2.33. The van der Waals surface area contributed by atoms with Gasteiger partial charge in [-0.3, -0.25) is 14.9 Å². The maximum absolute atomic E-state index is 13.2. The Morgan fingerprint density at radius 2 is 1.76 bits per heavy atom. The second-order valence-corrected chi connectivity index (χ2v) is 7.95. The van der Waals surface area contributed by atoms with Crippen LogP contribution >= 0.6 is 0 Å². The summed E-state index contributed by atoms with van der Waals surface area (Å²) in [7, 11) is 2.95. The molecule has 1 aliphatic rings. The molecule has 0 unspecified atom stereocenters. The topological polar surface area (TPSA) is 100 Å². The molecule has 0 atom stereocenters. The Hall–Kier alpha value is -3.33. The van der Waals surface area contributed by atoms with Crippen LogP contribution < -0.4 is 14.2 Å². The molecule has 9 heteroatoms. The van der Waals surface area contributed by atoms with E-state index >= 15 is 0 Å². The van der Waals surface area contributed by atoms with Gasteiger partial charge in [-0.05, 0) is 25.0 Å². The standard InChI is InChI=1S/C24H30N2O7/c1-16-6-5-7-17(2)23(16)33-18-8-10-25(11-9-18)24(27)19-14-21(31-4)22(32-13-12-30-3)15-20(19)26(28)29/h5-7,14-15,18H,8-13H2,1-4H3. The summed E-state index contributed by atoms with van der Waals surface area (Å²) in [6, 6.07) is 8.63. The van der Waals surface area contributed by atoms with E-state index in [9.17, 15) is 14.9 Å². The van der Waals surface area contributed by atoms with Crippen molar-refractivity contribution in [1.82, 2.24) is 4.90 Å². The van der Waals surface area contributed by atoms with Crippen LogP contribution in [0.2, 0.25) is 0 Å². The molecule has 1 heterocycles. The van der Waals surface area contributed by atoms with Crippen molar-refractivity contribution in [2.45, 2.75) is 32.8 Å². The van der Waals surface area contributed by atoms with Crippen molar-refractivity contribution in [3.8, 4) is 17.2 Å². The minimum absolute atomic E-state index is 0.0186. The third-order valence-electron chi connectivity index (χ3n) is 5.68. The van der Waals surface area contributed by atoms with Gasteiger partial charge in [-0.1, -0.05) is 18.2 Å². The molecule has 1 amide bonds. The van der Waals surface area contributed by atoms with E-state index in [1.807, 2.05) is 32.0 Å². The highest BCUT2D eigenvalue weighted by Gasteiger charge is 2.31. The van der Waals surface area contributed by atoms with Gasteiger partial charge in [-0.25, -0.2) is 0 Å². The van der Waals surface area contributed by atoms with Gasteiger partial charge in [0.25, 0.3) is 11.6 Å².